The maximum atomic E-state index is 12.0. The number of carboxylic acids is 2. The smallest absolute Gasteiger partial charge is 0.0682 e. The molecule has 0 bridgehead atoms. The molecule has 0 aromatic heterocycles. The molecule has 0 aliphatic heterocycles. The van der Waals surface area contributed by atoms with Gasteiger partial charge in [-0.15, -0.1) is 0 Å². The zero-order valence-electron chi connectivity index (χ0n) is 11.8. The lowest BCUT2D eigenvalue weighted by molar-refractivity contribution is -0.319. The van der Waals surface area contributed by atoms with E-state index in [0.29, 0.717) is 18.4 Å². The topological polar surface area (TPSA) is 80.3 Å². The highest BCUT2D eigenvalue weighted by atomic mass is 16.4. The fourth-order valence-corrected chi connectivity index (χ4v) is 3.46. The lowest BCUT2D eigenvalue weighted by Gasteiger charge is -2.45. The predicted molar refractivity (Wildman–Crippen MR) is 73.8 cm³/mol. The summed E-state index contributed by atoms with van der Waals surface area (Å²) in [5.41, 5.74) is -1.72. The van der Waals surface area contributed by atoms with Gasteiger partial charge in [-0.1, -0.05) is 56.2 Å². The maximum Gasteiger partial charge on any atom is 0.0682 e. The minimum absolute atomic E-state index is 0.330. The Hall–Kier alpha value is -2.10. The van der Waals surface area contributed by atoms with Crippen LogP contribution >= 0.6 is 0 Å². The summed E-state index contributed by atoms with van der Waals surface area (Å²) in [6, 6.07) is 8.39. The number of carbonyl (C=O) groups is 2. The van der Waals surface area contributed by atoms with E-state index < -0.39 is 22.9 Å². The van der Waals surface area contributed by atoms with Gasteiger partial charge in [0, 0.05) is 0 Å². The third kappa shape index (κ3) is 2.58. The van der Waals surface area contributed by atoms with Gasteiger partial charge in [0.2, 0.25) is 0 Å². The summed E-state index contributed by atoms with van der Waals surface area (Å²) in [5, 5.41) is 23.4. The molecule has 0 N–H and O–H groups in total. The van der Waals surface area contributed by atoms with Crippen LogP contribution in [0.4, 0.5) is 0 Å². The molecular formula is C17H18O4-2. The second-order valence-corrected chi connectivity index (χ2v) is 5.56. The Morgan fingerprint density at radius 2 is 1.62 bits per heavy atom. The standard InChI is InChI=1S/C17H20O4/c1-12(15(18)19)17(16(20)21,13-8-4-2-5-9-13)14-10-6-3-7-11-14/h2,4-5,8-9,14H,1,3,6-7,10-11H2,(H,18,19)(H,20,21)/p-2. The second-order valence-electron chi connectivity index (χ2n) is 5.56. The highest BCUT2D eigenvalue weighted by Crippen LogP contribution is 2.45. The molecule has 1 aliphatic carbocycles. The van der Waals surface area contributed by atoms with Crippen LogP contribution in [0, 0.1) is 5.92 Å². The summed E-state index contributed by atoms with van der Waals surface area (Å²) in [6.07, 6.45) is 4.09. The van der Waals surface area contributed by atoms with Crippen molar-refractivity contribution in [3.63, 3.8) is 0 Å². The van der Waals surface area contributed by atoms with Crippen LogP contribution in [0.5, 0.6) is 0 Å². The molecule has 1 aromatic rings. The number of rotatable bonds is 5. The van der Waals surface area contributed by atoms with Gasteiger partial charge in [0.15, 0.2) is 0 Å². The molecule has 4 heteroatoms. The first kappa shape index (κ1) is 15.3. The van der Waals surface area contributed by atoms with Crippen molar-refractivity contribution < 1.29 is 19.8 Å². The van der Waals surface area contributed by atoms with Crippen molar-refractivity contribution in [3.8, 4) is 0 Å². The Labute approximate surface area is 124 Å². The van der Waals surface area contributed by atoms with Crippen molar-refractivity contribution in [2.75, 3.05) is 0 Å². The van der Waals surface area contributed by atoms with E-state index in [4.69, 9.17) is 0 Å². The van der Waals surface area contributed by atoms with Crippen molar-refractivity contribution in [1.82, 2.24) is 0 Å². The molecule has 112 valence electrons. The number of carbonyl (C=O) groups excluding carboxylic acids is 2. The number of aliphatic carboxylic acids is 2. The molecule has 1 fully saturated rings. The zero-order chi connectivity index (χ0) is 15.5. The zero-order valence-corrected chi connectivity index (χ0v) is 11.8. The van der Waals surface area contributed by atoms with Gasteiger partial charge >= 0.3 is 0 Å². The normalized spacial score (nSPS) is 18.7. The van der Waals surface area contributed by atoms with E-state index in [9.17, 15) is 19.8 Å². The molecule has 21 heavy (non-hydrogen) atoms. The van der Waals surface area contributed by atoms with Gasteiger partial charge in [-0.2, -0.15) is 0 Å². The summed E-state index contributed by atoms with van der Waals surface area (Å²) in [7, 11) is 0. The van der Waals surface area contributed by atoms with Gasteiger partial charge in [0.1, 0.15) is 0 Å². The fraction of sp³-hybridized carbons (Fsp3) is 0.412. The third-order valence-electron chi connectivity index (χ3n) is 4.49. The molecule has 1 saturated carbocycles. The summed E-state index contributed by atoms with van der Waals surface area (Å²) in [5.74, 6) is -3.27. The molecule has 0 amide bonds. The number of carboxylic acid groups (broad SMARTS) is 2. The summed E-state index contributed by atoms with van der Waals surface area (Å²) in [6.45, 7) is 3.52. The molecule has 2 rings (SSSR count). The van der Waals surface area contributed by atoms with E-state index in [1.54, 1.807) is 30.3 Å². The summed E-state index contributed by atoms with van der Waals surface area (Å²) >= 11 is 0. The number of benzene rings is 1. The minimum Gasteiger partial charge on any atom is -0.549 e. The third-order valence-corrected chi connectivity index (χ3v) is 4.49. The van der Waals surface area contributed by atoms with Crippen LogP contribution in [0.15, 0.2) is 42.5 Å². The average Bonchev–Trinajstić information content (AvgIpc) is 2.49. The van der Waals surface area contributed by atoms with Crippen LogP contribution in [-0.4, -0.2) is 11.9 Å². The maximum absolute atomic E-state index is 12.0. The first-order chi connectivity index (χ1) is 10.0. The van der Waals surface area contributed by atoms with Crippen LogP contribution in [0.3, 0.4) is 0 Å². The Bertz CT molecular complexity index is 543. The summed E-state index contributed by atoms with van der Waals surface area (Å²) < 4.78 is 0. The van der Waals surface area contributed by atoms with Gasteiger partial charge in [0.05, 0.1) is 17.4 Å². The van der Waals surface area contributed by atoms with E-state index in [-0.39, 0.29) is 5.92 Å². The van der Waals surface area contributed by atoms with Crippen molar-refractivity contribution in [2.45, 2.75) is 37.5 Å². The second kappa shape index (κ2) is 6.12. The largest absolute Gasteiger partial charge is 0.549 e. The van der Waals surface area contributed by atoms with Gasteiger partial charge in [-0.25, -0.2) is 0 Å². The quantitative estimate of drug-likeness (QED) is 0.741. The lowest BCUT2D eigenvalue weighted by atomic mass is 9.61. The van der Waals surface area contributed by atoms with Gasteiger partial charge in [-0.05, 0) is 29.9 Å². The van der Waals surface area contributed by atoms with Crippen LogP contribution in [0.1, 0.15) is 37.7 Å². The SMILES string of the molecule is C=C(C(=O)[O-])C(C(=O)[O-])(c1ccccc1)C1CCCCC1. The van der Waals surface area contributed by atoms with Crippen LogP contribution in [-0.2, 0) is 15.0 Å². The van der Waals surface area contributed by atoms with Crippen LogP contribution < -0.4 is 10.2 Å². The highest BCUT2D eigenvalue weighted by Gasteiger charge is 2.44. The fourth-order valence-electron chi connectivity index (χ4n) is 3.46. The van der Waals surface area contributed by atoms with Crippen LogP contribution in [0.2, 0.25) is 0 Å². The first-order valence-corrected chi connectivity index (χ1v) is 7.19. The van der Waals surface area contributed by atoms with Crippen molar-refractivity contribution in [3.05, 3.63) is 48.0 Å². The number of hydrogen-bond donors (Lipinski definition) is 0. The van der Waals surface area contributed by atoms with E-state index in [0.717, 1.165) is 19.3 Å². The first-order valence-electron chi connectivity index (χ1n) is 7.19. The van der Waals surface area contributed by atoms with Gasteiger partial charge in [-0.3, -0.25) is 0 Å². The van der Waals surface area contributed by atoms with Crippen LogP contribution in [0.25, 0.3) is 0 Å². The highest BCUT2D eigenvalue weighted by molar-refractivity contribution is 5.98. The van der Waals surface area contributed by atoms with Gasteiger partial charge in [0.25, 0.3) is 0 Å². The molecular weight excluding hydrogens is 268 g/mol. The van der Waals surface area contributed by atoms with Gasteiger partial charge < -0.3 is 19.8 Å². The Balaban J connectivity index is 2.62. The van der Waals surface area contributed by atoms with Crippen molar-refractivity contribution in [2.24, 2.45) is 5.92 Å². The summed E-state index contributed by atoms with van der Waals surface area (Å²) in [4.78, 5) is 23.4. The van der Waals surface area contributed by atoms with E-state index in [1.165, 1.54) is 0 Å². The molecule has 1 unspecified atom stereocenters. The van der Waals surface area contributed by atoms with E-state index in [1.807, 2.05) is 0 Å². The minimum atomic E-state index is -1.71. The predicted octanol–water partition coefficient (Wildman–Crippen LogP) is 0.561. The average molecular weight is 286 g/mol. The molecule has 0 heterocycles. The van der Waals surface area contributed by atoms with Crippen molar-refractivity contribution in [1.29, 1.82) is 0 Å². The lowest BCUT2D eigenvalue weighted by Crippen LogP contribution is -2.55. The molecule has 4 nitrogen and oxygen atoms in total. The monoisotopic (exact) mass is 286 g/mol. The Morgan fingerprint density at radius 1 is 1.05 bits per heavy atom. The molecule has 1 aromatic carbocycles. The molecule has 0 spiro atoms. The molecule has 0 radical (unpaired) electrons. The Kier molecular flexibility index (Phi) is 4.46. The number of hydrogen-bond acceptors (Lipinski definition) is 4. The Morgan fingerprint density at radius 3 is 2.10 bits per heavy atom. The van der Waals surface area contributed by atoms with E-state index in [2.05, 4.69) is 6.58 Å². The van der Waals surface area contributed by atoms with E-state index >= 15 is 0 Å². The van der Waals surface area contributed by atoms with Crippen molar-refractivity contribution >= 4 is 11.9 Å². The molecule has 1 aliphatic rings. The molecule has 1 atom stereocenters. The molecule has 0 saturated heterocycles.